The van der Waals surface area contributed by atoms with Crippen molar-refractivity contribution < 1.29 is 9.47 Å². The Bertz CT molecular complexity index is 662. The van der Waals surface area contributed by atoms with Gasteiger partial charge in [-0.1, -0.05) is 17.7 Å². The Morgan fingerprint density at radius 2 is 2.09 bits per heavy atom. The molecule has 1 aromatic rings. The zero-order chi connectivity index (χ0) is 15.9. The predicted molar refractivity (Wildman–Crippen MR) is 88.7 cm³/mol. The Balaban J connectivity index is 1.60. The lowest BCUT2D eigenvalue weighted by atomic mass is 9.85. The van der Waals surface area contributed by atoms with E-state index in [1.807, 2.05) is 19.1 Å². The molecule has 4 nitrogen and oxygen atoms in total. The summed E-state index contributed by atoms with van der Waals surface area (Å²) in [7, 11) is 0. The van der Waals surface area contributed by atoms with Gasteiger partial charge in [0.1, 0.15) is 11.5 Å². The van der Waals surface area contributed by atoms with Gasteiger partial charge in [0.15, 0.2) is 5.76 Å². The minimum Gasteiger partial charge on any atom is -0.447 e. The van der Waals surface area contributed by atoms with E-state index in [2.05, 4.69) is 16.4 Å². The van der Waals surface area contributed by atoms with Crippen LogP contribution in [0.15, 0.2) is 41.5 Å². The van der Waals surface area contributed by atoms with E-state index in [-0.39, 0.29) is 0 Å². The van der Waals surface area contributed by atoms with Gasteiger partial charge in [0.25, 0.3) is 5.79 Å². The number of allylic oxidation sites excluding steroid dienone is 3. The van der Waals surface area contributed by atoms with Crippen molar-refractivity contribution in [3.8, 4) is 0 Å². The Kier molecular flexibility index (Phi) is 3.82. The molecule has 0 saturated carbocycles. The van der Waals surface area contributed by atoms with Gasteiger partial charge in [0.2, 0.25) is 0 Å². The van der Waals surface area contributed by atoms with Gasteiger partial charge < -0.3 is 14.8 Å². The van der Waals surface area contributed by atoms with E-state index in [4.69, 9.17) is 21.1 Å². The molecule has 1 fully saturated rings. The lowest BCUT2D eigenvalue weighted by Crippen LogP contribution is -2.30. The Hall–Kier alpha value is -1.52. The summed E-state index contributed by atoms with van der Waals surface area (Å²) in [5.41, 5.74) is 2.08. The molecule has 1 unspecified atom stereocenters. The Morgan fingerprint density at radius 3 is 2.83 bits per heavy atom. The molecule has 3 heterocycles. The number of hydrogen-bond acceptors (Lipinski definition) is 4. The third-order valence-corrected chi connectivity index (χ3v) is 5.06. The summed E-state index contributed by atoms with van der Waals surface area (Å²) in [6.07, 6.45) is 8.19. The van der Waals surface area contributed by atoms with Crippen molar-refractivity contribution in [2.75, 3.05) is 13.1 Å². The second-order valence-corrected chi connectivity index (χ2v) is 6.92. The van der Waals surface area contributed by atoms with Crippen molar-refractivity contribution in [1.29, 1.82) is 0 Å². The minimum atomic E-state index is -0.856. The first kappa shape index (κ1) is 15.0. The zero-order valence-corrected chi connectivity index (χ0v) is 14.0. The maximum absolute atomic E-state index is 6.31. The highest BCUT2D eigenvalue weighted by molar-refractivity contribution is 6.30. The largest absolute Gasteiger partial charge is 0.447 e. The first-order valence-corrected chi connectivity index (χ1v) is 8.68. The van der Waals surface area contributed by atoms with Crippen LogP contribution in [0.5, 0.6) is 0 Å². The van der Waals surface area contributed by atoms with Crippen LogP contribution >= 0.6 is 11.6 Å². The fourth-order valence-electron chi connectivity index (χ4n) is 3.62. The fraction of sp³-hybridized carbons (Fsp3) is 0.500. The summed E-state index contributed by atoms with van der Waals surface area (Å²) < 4.78 is 12.5. The predicted octanol–water partition coefficient (Wildman–Crippen LogP) is 3.89. The number of piperidine rings is 1. The van der Waals surface area contributed by atoms with Gasteiger partial charge in [-0.15, -0.1) is 0 Å². The van der Waals surface area contributed by atoms with Crippen molar-refractivity contribution in [2.45, 2.75) is 38.4 Å². The molecule has 0 amide bonds. The highest BCUT2D eigenvalue weighted by Gasteiger charge is 2.44. The van der Waals surface area contributed by atoms with Gasteiger partial charge >= 0.3 is 0 Å². The molecule has 0 aromatic carbocycles. The summed E-state index contributed by atoms with van der Waals surface area (Å²) in [4.78, 5) is 4.39. The van der Waals surface area contributed by atoms with E-state index in [1.165, 1.54) is 5.57 Å². The average molecular weight is 333 g/mol. The smallest absolute Gasteiger partial charge is 0.291 e. The molecule has 1 atom stereocenters. The molecular formula is C18H21ClN2O2. The lowest BCUT2D eigenvalue weighted by Gasteiger charge is -2.28. The number of aromatic nitrogens is 1. The minimum absolute atomic E-state index is 0.561. The molecule has 0 bridgehead atoms. The summed E-state index contributed by atoms with van der Waals surface area (Å²) in [6, 6.07) is 3.69. The molecule has 122 valence electrons. The summed E-state index contributed by atoms with van der Waals surface area (Å²) in [6.45, 7) is 4.07. The second-order valence-electron chi connectivity index (χ2n) is 6.49. The second kappa shape index (κ2) is 5.84. The fourth-order valence-corrected chi connectivity index (χ4v) is 3.74. The van der Waals surface area contributed by atoms with Crippen molar-refractivity contribution in [1.82, 2.24) is 10.3 Å². The number of ether oxygens (including phenoxy) is 2. The molecule has 1 saturated heterocycles. The van der Waals surface area contributed by atoms with Gasteiger partial charge in [-0.25, -0.2) is 0 Å². The van der Waals surface area contributed by atoms with E-state index in [9.17, 15) is 0 Å². The Labute approximate surface area is 141 Å². The average Bonchev–Trinajstić information content (AvgIpc) is 2.93. The third kappa shape index (κ3) is 2.74. The molecule has 5 heteroatoms. The van der Waals surface area contributed by atoms with Crippen LogP contribution in [-0.2, 0) is 15.3 Å². The van der Waals surface area contributed by atoms with Crippen LogP contribution in [0.3, 0.4) is 0 Å². The van der Waals surface area contributed by atoms with Gasteiger partial charge in [-0.3, -0.25) is 4.98 Å². The van der Waals surface area contributed by atoms with Crippen LogP contribution in [0.1, 0.15) is 38.3 Å². The van der Waals surface area contributed by atoms with Crippen molar-refractivity contribution in [3.63, 3.8) is 0 Å². The van der Waals surface area contributed by atoms with Crippen molar-refractivity contribution in [3.05, 3.63) is 52.2 Å². The summed E-state index contributed by atoms with van der Waals surface area (Å²) in [5.74, 6) is 1.62. The summed E-state index contributed by atoms with van der Waals surface area (Å²) >= 11 is 5.94. The molecule has 2 aliphatic heterocycles. The topological polar surface area (TPSA) is 43.4 Å². The van der Waals surface area contributed by atoms with Crippen molar-refractivity contribution >= 4 is 11.6 Å². The maximum Gasteiger partial charge on any atom is 0.291 e. The molecule has 4 rings (SSSR count). The normalized spacial score (nSPS) is 28.0. The zero-order valence-electron chi connectivity index (χ0n) is 13.3. The van der Waals surface area contributed by atoms with Crippen LogP contribution in [0, 0.1) is 5.92 Å². The molecule has 0 spiro atoms. The van der Waals surface area contributed by atoms with Crippen molar-refractivity contribution in [2.24, 2.45) is 5.92 Å². The number of hydrogen-bond donors (Lipinski definition) is 1. The Morgan fingerprint density at radius 1 is 1.26 bits per heavy atom. The first-order chi connectivity index (χ1) is 11.2. The standard InChI is InChI=1S/C18H21ClN2O2/c1-18(16-6-5-13(19)11-21-16)22-15-4-2-3-14(17(15)23-18)12-7-9-20-10-8-12/h3,5-6,11-12,20H,2,4,7-10H2,1H3. The van der Waals surface area contributed by atoms with Gasteiger partial charge in [-0.05, 0) is 56.0 Å². The van der Waals surface area contributed by atoms with Crippen LogP contribution in [-0.4, -0.2) is 18.1 Å². The first-order valence-electron chi connectivity index (χ1n) is 8.30. The van der Waals surface area contributed by atoms with Gasteiger partial charge in [-0.2, -0.15) is 0 Å². The number of rotatable bonds is 2. The molecular weight excluding hydrogens is 312 g/mol. The monoisotopic (exact) mass is 332 g/mol. The molecule has 0 radical (unpaired) electrons. The molecule has 1 N–H and O–H groups in total. The maximum atomic E-state index is 6.31. The third-order valence-electron chi connectivity index (χ3n) is 4.84. The number of nitrogens with one attached hydrogen (secondary N) is 1. The highest BCUT2D eigenvalue weighted by Crippen LogP contribution is 2.46. The number of nitrogens with zero attached hydrogens (tertiary/aromatic N) is 1. The molecule has 1 aromatic heterocycles. The van der Waals surface area contributed by atoms with Crippen LogP contribution < -0.4 is 5.32 Å². The highest BCUT2D eigenvalue weighted by atomic mass is 35.5. The SMILES string of the molecule is CC1(c2ccc(Cl)cn2)OC2=C(O1)C(C1CCNCC1)=CCC2. The van der Waals surface area contributed by atoms with Crippen LogP contribution in [0.25, 0.3) is 0 Å². The van der Waals surface area contributed by atoms with Crippen LogP contribution in [0.2, 0.25) is 5.02 Å². The quantitative estimate of drug-likeness (QED) is 0.892. The lowest BCUT2D eigenvalue weighted by molar-refractivity contribution is -0.149. The van der Waals surface area contributed by atoms with E-state index in [1.54, 1.807) is 6.20 Å². The molecule has 3 aliphatic rings. The molecule has 23 heavy (non-hydrogen) atoms. The number of halogens is 1. The van der Waals surface area contributed by atoms with E-state index >= 15 is 0 Å². The van der Waals surface area contributed by atoms with Crippen LogP contribution in [0.4, 0.5) is 0 Å². The van der Waals surface area contributed by atoms with E-state index < -0.39 is 5.79 Å². The van der Waals surface area contributed by atoms with E-state index in [0.29, 0.717) is 10.9 Å². The van der Waals surface area contributed by atoms with E-state index in [0.717, 1.165) is 56.0 Å². The molecule has 1 aliphatic carbocycles. The summed E-state index contributed by atoms with van der Waals surface area (Å²) in [5, 5.41) is 4.04. The van der Waals surface area contributed by atoms with Gasteiger partial charge in [0.05, 0.1) is 5.02 Å². The van der Waals surface area contributed by atoms with Gasteiger partial charge in [0, 0.05) is 19.5 Å². The number of pyridine rings is 1.